The zero-order valence-corrected chi connectivity index (χ0v) is 8.20. The molecule has 0 radical (unpaired) electrons. The Morgan fingerprint density at radius 1 is 1.50 bits per heavy atom. The largest absolute Gasteiger partial charge is 0.0859 e. The van der Waals surface area contributed by atoms with Crippen molar-refractivity contribution in [3.63, 3.8) is 0 Å². The molecule has 0 aliphatic heterocycles. The fraction of sp³-hybridized carbons (Fsp3) is 0.714. The summed E-state index contributed by atoms with van der Waals surface area (Å²) in [7, 11) is 1.37. The molecule has 0 saturated carbocycles. The first-order chi connectivity index (χ1) is 3.77. The summed E-state index contributed by atoms with van der Waals surface area (Å²) in [6.07, 6.45) is 5.02. The molecule has 1 heteroatoms. The summed E-state index contributed by atoms with van der Waals surface area (Å²) in [4.78, 5) is 0. The highest BCUT2D eigenvalue weighted by Gasteiger charge is 1.78. The Balaban J connectivity index is 3.03. The van der Waals surface area contributed by atoms with Crippen molar-refractivity contribution in [3.05, 3.63) is 11.6 Å². The van der Waals surface area contributed by atoms with Crippen LogP contribution in [0.4, 0.5) is 0 Å². The number of hydrogen-bond donors (Lipinski definition) is 0. The van der Waals surface area contributed by atoms with Crippen LogP contribution in [0.25, 0.3) is 0 Å². The van der Waals surface area contributed by atoms with E-state index in [2.05, 4.69) is 19.9 Å². The molecular weight excluding hydrogens is 112 g/mol. The van der Waals surface area contributed by atoms with Gasteiger partial charge in [-0.05, 0) is 20.3 Å². The van der Waals surface area contributed by atoms with E-state index in [9.17, 15) is 0 Å². The Labute approximate surface area is 55.4 Å². The smallest absolute Gasteiger partial charge is 0.00281 e. The van der Waals surface area contributed by atoms with Crippen molar-refractivity contribution >= 4 is 10.2 Å². The average molecular weight is 128 g/mol. The fourth-order valence-electron chi connectivity index (χ4n) is 0.595. The maximum Gasteiger partial charge on any atom is 0.00281 e. The molecule has 48 valence electrons. The van der Waals surface area contributed by atoms with Gasteiger partial charge in [-0.3, -0.25) is 0 Å². The highest BCUT2D eigenvalue weighted by molar-refractivity contribution is 6.08. The predicted molar refractivity (Wildman–Crippen MR) is 43.4 cm³/mol. The molecule has 0 saturated heterocycles. The van der Waals surface area contributed by atoms with Crippen LogP contribution in [0.2, 0.25) is 6.04 Å². The van der Waals surface area contributed by atoms with Gasteiger partial charge in [0.05, 0.1) is 0 Å². The van der Waals surface area contributed by atoms with Gasteiger partial charge in [0.2, 0.25) is 0 Å². The van der Waals surface area contributed by atoms with Crippen molar-refractivity contribution in [3.8, 4) is 0 Å². The van der Waals surface area contributed by atoms with Gasteiger partial charge in [-0.15, -0.1) is 0 Å². The van der Waals surface area contributed by atoms with Crippen LogP contribution in [-0.4, -0.2) is 10.2 Å². The third-order valence-electron chi connectivity index (χ3n) is 1.11. The molecule has 0 aromatic rings. The predicted octanol–water partition coefficient (Wildman–Crippen LogP) is 1.52. The summed E-state index contributed by atoms with van der Waals surface area (Å²) < 4.78 is 0. The van der Waals surface area contributed by atoms with E-state index in [4.69, 9.17) is 0 Å². The van der Waals surface area contributed by atoms with E-state index in [0.29, 0.717) is 0 Å². The second-order valence-corrected chi connectivity index (χ2v) is 3.42. The number of unbranched alkanes of at least 4 members (excludes halogenated alkanes) is 1. The number of rotatable bonds is 3. The van der Waals surface area contributed by atoms with E-state index < -0.39 is 0 Å². The van der Waals surface area contributed by atoms with Gasteiger partial charge in [0.1, 0.15) is 0 Å². The number of hydrogen-bond acceptors (Lipinski definition) is 0. The third kappa shape index (κ3) is 5.96. The molecule has 0 aliphatic carbocycles. The lowest BCUT2D eigenvalue weighted by Crippen LogP contribution is -1.70. The van der Waals surface area contributed by atoms with Gasteiger partial charge in [-0.1, -0.05) is 24.1 Å². The van der Waals surface area contributed by atoms with Crippen LogP contribution in [-0.2, 0) is 0 Å². The molecule has 0 amide bonds. The highest BCUT2D eigenvalue weighted by Crippen LogP contribution is 1.97. The Hall–Kier alpha value is -0.0431. The van der Waals surface area contributed by atoms with Crippen LogP contribution in [0, 0.1) is 0 Å². The summed E-state index contributed by atoms with van der Waals surface area (Å²) in [6.45, 7) is 4.32. The van der Waals surface area contributed by atoms with E-state index in [1.54, 1.807) is 0 Å². The Morgan fingerprint density at radius 2 is 2.12 bits per heavy atom. The van der Waals surface area contributed by atoms with E-state index >= 15 is 0 Å². The Morgan fingerprint density at radius 3 is 2.50 bits per heavy atom. The van der Waals surface area contributed by atoms with E-state index in [1.807, 2.05) is 0 Å². The van der Waals surface area contributed by atoms with Crippen molar-refractivity contribution in [2.75, 3.05) is 0 Å². The van der Waals surface area contributed by atoms with E-state index in [1.165, 1.54) is 34.7 Å². The van der Waals surface area contributed by atoms with Crippen LogP contribution in [0.1, 0.15) is 26.7 Å². The molecule has 0 aromatic carbocycles. The second kappa shape index (κ2) is 5.10. The van der Waals surface area contributed by atoms with Crippen molar-refractivity contribution < 1.29 is 0 Å². The molecule has 0 aliphatic rings. The summed E-state index contributed by atoms with van der Waals surface area (Å²) >= 11 is 0. The maximum absolute atomic E-state index is 2.32. The lowest BCUT2D eigenvalue weighted by Gasteiger charge is -1.88. The van der Waals surface area contributed by atoms with Crippen molar-refractivity contribution in [1.29, 1.82) is 0 Å². The molecule has 0 spiro atoms. The summed E-state index contributed by atoms with van der Waals surface area (Å²) in [6, 6.07) is 1.45. The summed E-state index contributed by atoms with van der Waals surface area (Å²) in [5.41, 5.74) is 1.46. The lowest BCUT2D eigenvalue weighted by atomic mass is 10.2. The van der Waals surface area contributed by atoms with Gasteiger partial charge in [0.15, 0.2) is 0 Å². The van der Waals surface area contributed by atoms with Gasteiger partial charge in [-0.25, -0.2) is 0 Å². The summed E-state index contributed by atoms with van der Waals surface area (Å²) in [5, 5.41) is 0. The van der Waals surface area contributed by atoms with Crippen LogP contribution < -0.4 is 0 Å². The van der Waals surface area contributed by atoms with Gasteiger partial charge < -0.3 is 0 Å². The standard InChI is InChI=1S/C7H16Si/c1-7(2)5-3-4-6-8/h5H,3-4,6H2,1-2,8H3. The Kier molecular flexibility index (Phi) is 5.07. The maximum atomic E-state index is 2.32. The van der Waals surface area contributed by atoms with Crippen LogP contribution in [0.15, 0.2) is 11.6 Å². The normalized spacial score (nSPS) is 9.25. The lowest BCUT2D eigenvalue weighted by molar-refractivity contribution is 0.945. The molecule has 0 aromatic heterocycles. The topological polar surface area (TPSA) is 0 Å². The first kappa shape index (κ1) is 7.96. The van der Waals surface area contributed by atoms with Crippen molar-refractivity contribution in [2.24, 2.45) is 0 Å². The van der Waals surface area contributed by atoms with E-state index in [0.717, 1.165) is 0 Å². The van der Waals surface area contributed by atoms with Gasteiger partial charge in [0.25, 0.3) is 0 Å². The molecule has 0 unspecified atom stereocenters. The van der Waals surface area contributed by atoms with Gasteiger partial charge >= 0.3 is 0 Å². The summed E-state index contributed by atoms with van der Waals surface area (Å²) in [5.74, 6) is 0. The molecule has 0 nitrogen and oxygen atoms in total. The monoisotopic (exact) mass is 128 g/mol. The minimum atomic E-state index is 1.30. The molecule has 0 heterocycles. The van der Waals surface area contributed by atoms with Gasteiger partial charge in [-0.2, -0.15) is 0 Å². The molecule has 0 N–H and O–H groups in total. The minimum absolute atomic E-state index is 1.30. The molecule has 8 heavy (non-hydrogen) atoms. The van der Waals surface area contributed by atoms with Crippen LogP contribution >= 0.6 is 0 Å². The minimum Gasteiger partial charge on any atom is -0.0859 e. The van der Waals surface area contributed by atoms with Crippen molar-refractivity contribution in [1.82, 2.24) is 0 Å². The first-order valence-electron chi connectivity index (χ1n) is 3.40. The Bertz CT molecular complexity index is 70.5. The average Bonchev–Trinajstić information content (AvgIpc) is 1.66. The van der Waals surface area contributed by atoms with Gasteiger partial charge in [0, 0.05) is 10.2 Å². The molecule has 0 bridgehead atoms. The second-order valence-electron chi connectivity index (χ2n) is 2.42. The van der Waals surface area contributed by atoms with E-state index in [-0.39, 0.29) is 0 Å². The quantitative estimate of drug-likeness (QED) is 0.307. The molecule has 0 atom stereocenters. The zero-order valence-electron chi connectivity index (χ0n) is 6.20. The highest BCUT2D eigenvalue weighted by atomic mass is 28.1. The molecule has 0 rings (SSSR count). The first-order valence-corrected chi connectivity index (χ1v) is 4.82. The van der Waals surface area contributed by atoms with Crippen molar-refractivity contribution in [2.45, 2.75) is 32.7 Å². The number of allylic oxidation sites excluding steroid dienone is 2. The third-order valence-corrected chi connectivity index (χ3v) is 1.82. The van der Waals surface area contributed by atoms with Crippen LogP contribution in [0.5, 0.6) is 0 Å². The molecular formula is C7H16Si. The zero-order chi connectivity index (χ0) is 6.41. The van der Waals surface area contributed by atoms with Crippen LogP contribution in [0.3, 0.4) is 0 Å². The fourth-order valence-corrected chi connectivity index (χ4v) is 1.00. The molecule has 0 fully saturated rings. The SMILES string of the molecule is CC(C)=CCCC[SiH3].